The Kier molecular flexibility index (Phi) is 3.89. The van der Waals surface area contributed by atoms with E-state index in [1.54, 1.807) is 29.8 Å². The number of carbonyl (C=O) groups is 1. The molecule has 0 saturated heterocycles. The number of anilines is 1. The molecule has 0 spiro atoms. The number of azo groups is 1. The molecule has 7 heteroatoms. The number of nitrogens with one attached hydrogen (secondary N) is 1. The van der Waals surface area contributed by atoms with E-state index >= 15 is 0 Å². The molecule has 0 atom stereocenters. The Balaban J connectivity index is 1.67. The lowest BCUT2D eigenvalue weighted by Gasteiger charge is -2.11. The average molecular weight is 345 g/mol. The van der Waals surface area contributed by atoms with Gasteiger partial charge in [0.25, 0.3) is 5.91 Å². The van der Waals surface area contributed by atoms with E-state index in [2.05, 4.69) is 20.6 Å². The van der Waals surface area contributed by atoms with Crippen molar-refractivity contribution in [3.63, 3.8) is 0 Å². The summed E-state index contributed by atoms with van der Waals surface area (Å²) < 4.78 is 1.58. The van der Waals surface area contributed by atoms with Crippen LogP contribution in [-0.4, -0.2) is 15.7 Å². The van der Waals surface area contributed by atoms with Gasteiger partial charge in [-0.2, -0.15) is 15.3 Å². The Morgan fingerprint density at radius 3 is 2.73 bits per heavy atom. The molecular formula is C19H15N5O2. The van der Waals surface area contributed by atoms with Gasteiger partial charge >= 0.3 is 0 Å². The summed E-state index contributed by atoms with van der Waals surface area (Å²) >= 11 is 0. The minimum absolute atomic E-state index is 0.158. The number of fused-ring (bicyclic) bond motifs is 1. The molecule has 0 radical (unpaired) electrons. The van der Waals surface area contributed by atoms with Crippen molar-refractivity contribution in [1.82, 2.24) is 9.78 Å². The molecule has 1 amide bonds. The summed E-state index contributed by atoms with van der Waals surface area (Å²) in [7, 11) is 0. The van der Waals surface area contributed by atoms with Crippen molar-refractivity contribution < 1.29 is 4.79 Å². The molecule has 1 aromatic heterocycles. The van der Waals surface area contributed by atoms with Gasteiger partial charge in [0.2, 0.25) is 5.43 Å². The second kappa shape index (κ2) is 6.36. The molecular weight excluding hydrogens is 330 g/mol. The number of aryl methyl sites for hydroxylation is 1. The summed E-state index contributed by atoms with van der Waals surface area (Å²) in [6.07, 6.45) is 0. The third-order valence-corrected chi connectivity index (χ3v) is 4.08. The fourth-order valence-corrected chi connectivity index (χ4v) is 2.80. The maximum absolute atomic E-state index is 12.6. The molecule has 1 aliphatic rings. The first-order valence-corrected chi connectivity index (χ1v) is 8.10. The molecule has 0 saturated carbocycles. The molecule has 7 nitrogen and oxygen atoms in total. The van der Waals surface area contributed by atoms with Crippen molar-refractivity contribution in [2.24, 2.45) is 10.2 Å². The predicted octanol–water partition coefficient (Wildman–Crippen LogP) is 3.39. The Morgan fingerprint density at radius 2 is 1.92 bits per heavy atom. The summed E-state index contributed by atoms with van der Waals surface area (Å²) in [4.78, 5) is 24.9. The van der Waals surface area contributed by atoms with Crippen LogP contribution in [0.5, 0.6) is 0 Å². The van der Waals surface area contributed by atoms with Gasteiger partial charge in [-0.25, -0.2) is 4.68 Å². The lowest BCUT2D eigenvalue weighted by atomic mass is 10.1. The van der Waals surface area contributed by atoms with Crippen LogP contribution in [0.3, 0.4) is 0 Å². The van der Waals surface area contributed by atoms with Crippen LogP contribution in [0.2, 0.25) is 0 Å². The molecule has 1 aliphatic heterocycles. The molecule has 26 heavy (non-hydrogen) atoms. The highest BCUT2D eigenvalue weighted by Gasteiger charge is 2.17. The van der Waals surface area contributed by atoms with Crippen molar-refractivity contribution in [2.45, 2.75) is 13.5 Å². The SMILES string of the molecule is Cc1cc(=O)c(C(=O)Nc2ccc3c(c2)CN=N3)nn1-c1ccccc1. The lowest BCUT2D eigenvalue weighted by molar-refractivity contribution is 0.101. The van der Waals surface area contributed by atoms with E-state index in [0.29, 0.717) is 17.9 Å². The molecule has 4 rings (SSSR count). The van der Waals surface area contributed by atoms with Gasteiger partial charge in [-0.15, -0.1) is 0 Å². The second-order valence-corrected chi connectivity index (χ2v) is 5.94. The smallest absolute Gasteiger partial charge is 0.280 e. The highest BCUT2D eigenvalue weighted by Crippen LogP contribution is 2.29. The third-order valence-electron chi connectivity index (χ3n) is 4.08. The van der Waals surface area contributed by atoms with Crippen molar-refractivity contribution >= 4 is 17.3 Å². The van der Waals surface area contributed by atoms with Crippen molar-refractivity contribution in [3.05, 3.63) is 81.8 Å². The number of nitrogens with zero attached hydrogens (tertiary/aromatic N) is 4. The molecule has 2 aromatic carbocycles. The lowest BCUT2D eigenvalue weighted by Crippen LogP contribution is -2.26. The number of hydrogen-bond acceptors (Lipinski definition) is 5. The highest BCUT2D eigenvalue weighted by atomic mass is 16.2. The molecule has 128 valence electrons. The number of amides is 1. The third kappa shape index (κ3) is 2.90. The van der Waals surface area contributed by atoms with Gasteiger partial charge in [-0.1, -0.05) is 18.2 Å². The van der Waals surface area contributed by atoms with Crippen molar-refractivity contribution in [3.8, 4) is 5.69 Å². The van der Waals surface area contributed by atoms with Gasteiger partial charge in [0.05, 0.1) is 17.9 Å². The normalized spacial score (nSPS) is 12.0. The van der Waals surface area contributed by atoms with Gasteiger partial charge in [0.15, 0.2) is 5.69 Å². The summed E-state index contributed by atoms with van der Waals surface area (Å²) in [5.41, 5.74) is 3.16. The minimum atomic E-state index is -0.550. The molecule has 0 aliphatic carbocycles. The van der Waals surface area contributed by atoms with Crippen molar-refractivity contribution in [1.29, 1.82) is 0 Å². The van der Waals surface area contributed by atoms with Crippen LogP contribution in [0.25, 0.3) is 5.69 Å². The molecule has 0 bridgehead atoms. The van der Waals surface area contributed by atoms with Crippen LogP contribution in [-0.2, 0) is 6.54 Å². The van der Waals surface area contributed by atoms with Gasteiger partial charge in [-0.05, 0) is 37.3 Å². The first-order chi connectivity index (χ1) is 12.6. The van der Waals surface area contributed by atoms with E-state index in [1.165, 1.54) is 6.07 Å². The first-order valence-electron chi connectivity index (χ1n) is 8.10. The van der Waals surface area contributed by atoms with E-state index in [4.69, 9.17) is 0 Å². The van der Waals surface area contributed by atoms with Crippen LogP contribution in [0, 0.1) is 6.92 Å². The van der Waals surface area contributed by atoms with Gasteiger partial charge in [0, 0.05) is 23.0 Å². The highest BCUT2D eigenvalue weighted by molar-refractivity contribution is 6.02. The summed E-state index contributed by atoms with van der Waals surface area (Å²) in [6.45, 7) is 2.26. The number of carbonyl (C=O) groups excluding carboxylic acids is 1. The number of para-hydroxylation sites is 1. The molecule has 0 unspecified atom stereocenters. The summed E-state index contributed by atoms with van der Waals surface area (Å²) in [5, 5.41) is 14.9. The summed E-state index contributed by atoms with van der Waals surface area (Å²) in [6, 6.07) is 16.1. The van der Waals surface area contributed by atoms with E-state index < -0.39 is 11.3 Å². The monoisotopic (exact) mass is 345 g/mol. The Hall–Kier alpha value is -3.61. The van der Waals surface area contributed by atoms with Crippen LogP contribution < -0.4 is 10.7 Å². The zero-order chi connectivity index (χ0) is 18.1. The Morgan fingerprint density at radius 1 is 1.12 bits per heavy atom. The molecule has 1 N–H and O–H groups in total. The standard InChI is InChI=1S/C19H15N5O2/c1-12-9-17(25)18(23-24(12)15-5-3-2-4-6-15)19(26)21-14-7-8-16-13(10-14)11-20-22-16/h2-10H,11H2,1H3,(H,21,26). The molecule has 0 fully saturated rings. The van der Waals surface area contributed by atoms with E-state index in [0.717, 1.165) is 16.9 Å². The topological polar surface area (TPSA) is 88.7 Å². The van der Waals surface area contributed by atoms with E-state index in [1.807, 2.05) is 30.3 Å². The van der Waals surface area contributed by atoms with Gasteiger partial charge < -0.3 is 5.32 Å². The predicted molar refractivity (Wildman–Crippen MR) is 97.2 cm³/mol. The average Bonchev–Trinajstić information content (AvgIpc) is 3.10. The van der Waals surface area contributed by atoms with Crippen LogP contribution in [0.1, 0.15) is 21.7 Å². The van der Waals surface area contributed by atoms with Gasteiger partial charge in [0.1, 0.15) is 0 Å². The Labute approximate surface area is 149 Å². The van der Waals surface area contributed by atoms with E-state index in [9.17, 15) is 9.59 Å². The summed E-state index contributed by atoms with van der Waals surface area (Å²) in [5.74, 6) is -0.550. The van der Waals surface area contributed by atoms with Crippen molar-refractivity contribution in [2.75, 3.05) is 5.32 Å². The van der Waals surface area contributed by atoms with Crippen LogP contribution in [0.4, 0.5) is 11.4 Å². The molecule has 3 aromatic rings. The largest absolute Gasteiger partial charge is 0.320 e. The Bertz CT molecular complexity index is 1090. The minimum Gasteiger partial charge on any atom is -0.320 e. The van der Waals surface area contributed by atoms with Crippen LogP contribution >= 0.6 is 0 Å². The van der Waals surface area contributed by atoms with Gasteiger partial charge in [-0.3, -0.25) is 9.59 Å². The zero-order valence-corrected chi connectivity index (χ0v) is 14.0. The number of benzene rings is 2. The maximum Gasteiger partial charge on any atom is 0.280 e. The van der Waals surface area contributed by atoms with Crippen LogP contribution in [0.15, 0.2) is 69.6 Å². The fraction of sp³-hybridized carbons (Fsp3) is 0.105. The number of hydrogen-bond donors (Lipinski definition) is 1. The quantitative estimate of drug-likeness (QED) is 0.789. The molecule has 2 heterocycles. The van der Waals surface area contributed by atoms with E-state index in [-0.39, 0.29) is 5.69 Å². The maximum atomic E-state index is 12.6. The second-order valence-electron chi connectivity index (χ2n) is 5.94. The number of aromatic nitrogens is 2. The fourth-order valence-electron chi connectivity index (χ4n) is 2.80. The number of rotatable bonds is 3. The zero-order valence-electron chi connectivity index (χ0n) is 14.0. The first kappa shape index (κ1) is 15.9.